The third-order valence-electron chi connectivity index (χ3n) is 2.78. The third kappa shape index (κ3) is 2.30. The van der Waals surface area contributed by atoms with Crippen LogP contribution in [0, 0.1) is 10.1 Å². The van der Waals surface area contributed by atoms with Crippen molar-refractivity contribution in [3.63, 3.8) is 0 Å². The molecule has 2 aromatic rings. The van der Waals surface area contributed by atoms with E-state index in [1.54, 1.807) is 19.2 Å². The van der Waals surface area contributed by atoms with Crippen LogP contribution in [0.25, 0.3) is 11.3 Å². The summed E-state index contributed by atoms with van der Waals surface area (Å²) in [5.74, 6) is -1.06. The highest BCUT2D eigenvalue weighted by Crippen LogP contribution is 2.30. The molecule has 0 bridgehead atoms. The van der Waals surface area contributed by atoms with Crippen LogP contribution < -0.4 is 0 Å². The van der Waals surface area contributed by atoms with Crippen LogP contribution in [0.4, 0.5) is 5.69 Å². The molecule has 0 amide bonds. The van der Waals surface area contributed by atoms with Gasteiger partial charge in [-0.3, -0.25) is 10.1 Å². The number of aromatic nitrogens is 1. The summed E-state index contributed by atoms with van der Waals surface area (Å²) in [6, 6.07) is 7.39. The Hall–Kier alpha value is -2.34. The average molecular weight is 281 g/mol. The monoisotopic (exact) mass is 280 g/mol. The Balaban J connectivity index is 2.57. The van der Waals surface area contributed by atoms with Gasteiger partial charge in [0.05, 0.1) is 4.92 Å². The molecule has 7 heteroatoms. The molecule has 0 saturated carbocycles. The lowest BCUT2D eigenvalue weighted by atomic mass is 10.1. The zero-order valence-electron chi connectivity index (χ0n) is 9.83. The third-order valence-corrected chi connectivity index (χ3v) is 3.10. The largest absolute Gasteiger partial charge is 0.477 e. The van der Waals surface area contributed by atoms with E-state index in [9.17, 15) is 14.9 Å². The molecule has 1 heterocycles. The Morgan fingerprint density at radius 2 is 2.05 bits per heavy atom. The second-order valence-corrected chi connectivity index (χ2v) is 4.30. The number of carboxylic acid groups (broad SMARTS) is 1. The minimum Gasteiger partial charge on any atom is -0.477 e. The Morgan fingerprint density at radius 1 is 1.37 bits per heavy atom. The summed E-state index contributed by atoms with van der Waals surface area (Å²) in [6.45, 7) is 0. The van der Waals surface area contributed by atoms with Crippen molar-refractivity contribution in [2.75, 3.05) is 0 Å². The van der Waals surface area contributed by atoms with E-state index in [4.69, 9.17) is 16.7 Å². The smallest absolute Gasteiger partial charge is 0.352 e. The molecule has 0 spiro atoms. The van der Waals surface area contributed by atoms with E-state index in [-0.39, 0.29) is 16.4 Å². The molecule has 2 rings (SSSR count). The maximum atomic E-state index is 10.9. The summed E-state index contributed by atoms with van der Waals surface area (Å²) in [5, 5.41) is 19.8. The van der Waals surface area contributed by atoms with Crippen molar-refractivity contribution >= 4 is 23.3 Å². The molecular formula is C12H9ClN2O4. The van der Waals surface area contributed by atoms with E-state index >= 15 is 0 Å². The number of nitro groups is 1. The minimum atomic E-state index is -1.06. The number of aromatic carboxylic acids is 1. The predicted molar refractivity (Wildman–Crippen MR) is 69.5 cm³/mol. The number of rotatable bonds is 3. The van der Waals surface area contributed by atoms with E-state index in [1.165, 1.54) is 22.8 Å². The maximum Gasteiger partial charge on any atom is 0.352 e. The molecule has 0 aliphatic rings. The van der Waals surface area contributed by atoms with Gasteiger partial charge in [0.2, 0.25) is 0 Å². The highest BCUT2D eigenvalue weighted by molar-refractivity contribution is 6.32. The molecule has 0 radical (unpaired) electrons. The fraction of sp³-hybridized carbons (Fsp3) is 0.0833. The van der Waals surface area contributed by atoms with E-state index in [2.05, 4.69) is 0 Å². The Bertz CT molecular complexity index is 678. The van der Waals surface area contributed by atoms with Gasteiger partial charge in [-0.05, 0) is 18.2 Å². The summed E-state index contributed by atoms with van der Waals surface area (Å²) in [5.41, 5.74) is 0.994. The number of hydrogen-bond donors (Lipinski definition) is 1. The SMILES string of the molecule is Cn1c(C(=O)O)ccc1-c1ccc(Cl)c([N+](=O)[O-])c1. The number of benzene rings is 1. The first-order chi connectivity index (χ1) is 8.91. The van der Waals surface area contributed by atoms with Crippen molar-refractivity contribution < 1.29 is 14.8 Å². The number of hydrogen-bond acceptors (Lipinski definition) is 3. The van der Waals surface area contributed by atoms with Crippen LogP contribution in [0.15, 0.2) is 30.3 Å². The van der Waals surface area contributed by atoms with Crippen molar-refractivity contribution in [2.24, 2.45) is 7.05 Å². The second-order valence-electron chi connectivity index (χ2n) is 3.89. The summed E-state index contributed by atoms with van der Waals surface area (Å²) < 4.78 is 1.45. The molecular weight excluding hydrogens is 272 g/mol. The highest BCUT2D eigenvalue weighted by Gasteiger charge is 2.17. The van der Waals surface area contributed by atoms with E-state index in [1.807, 2.05) is 0 Å². The second kappa shape index (κ2) is 4.74. The molecule has 1 N–H and O–H groups in total. The van der Waals surface area contributed by atoms with Crippen molar-refractivity contribution in [2.45, 2.75) is 0 Å². The van der Waals surface area contributed by atoms with Gasteiger partial charge in [0.15, 0.2) is 0 Å². The fourth-order valence-corrected chi connectivity index (χ4v) is 2.01. The van der Waals surface area contributed by atoms with Crippen LogP contribution in [0.1, 0.15) is 10.5 Å². The molecule has 0 fully saturated rings. The summed E-state index contributed by atoms with van der Waals surface area (Å²) in [4.78, 5) is 21.2. The van der Waals surface area contributed by atoms with E-state index in [0.717, 1.165) is 0 Å². The van der Waals surface area contributed by atoms with Crippen molar-refractivity contribution in [1.29, 1.82) is 0 Å². The normalized spacial score (nSPS) is 10.4. The zero-order valence-corrected chi connectivity index (χ0v) is 10.6. The predicted octanol–water partition coefficient (Wildman–Crippen LogP) is 2.95. The molecule has 0 saturated heterocycles. The molecule has 6 nitrogen and oxygen atoms in total. The van der Waals surface area contributed by atoms with Crippen LogP contribution in [0.2, 0.25) is 5.02 Å². The van der Waals surface area contributed by atoms with Crippen LogP contribution in [-0.4, -0.2) is 20.6 Å². The molecule has 0 atom stereocenters. The van der Waals surface area contributed by atoms with Crippen LogP contribution in [0.5, 0.6) is 0 Å². The quantitative estimate of drug-likeness (QED) is 0.692. The van der Waals surface area contributed by atoms with E-state index < -0.39 is 10.9 Å². The standard InChI is InChI=1S/C12H9ClN2O4/c1-14-9(4-5-10(14)12(16)17)7-2-3-8(13)11(6-7)15(18)19/h2-6H,1H3,(H,16,17). The first-order valence-electron chi connectivity index (χ1n) is 5.25. The van der Waals surface area contributed by atoms with Crippen LogP contribution in [0.3, 0.4) is 0 Å². The number of halogens is 1. The minimum absolute atomic E-state index is 0.0430. The van der Waals surface area contributed by atoms with Gasteiger partial charge in [0.1, 0.15) is 10.7 Å². The molecule has 0 aliphatic heterocycles. The lowest BCUT2D eigenvalue weighted by Gasteiger charge is -2.06. The highest BCUT2D eigenvalue weighted by atomic mass is 35.5. The Kier molecular flexibility index (Phi) is 3.26. The van der Waals surface area contributed by atoms with Gasteiger partial charge in [-0.1, -0.05) is 17.7 Å². The van der Waals surface area contributed by atoms with E-state index in [0.29, 0.717) is 11.3 Å². The molecule has 1 aromatic heterocycles. The Morgan fingerprint density at radius 3 is 2.58 bits per heavy atom. The van der Waals surface area contributed by atoms with Crippen molar-refractivity contribution in [3.05, 3.63) is 51.2 Å². The fourth-order valence-electron chi connectivity index (χ4n) is 1.83. The van der Waals surface area contributed by atoms with Gasteiger partial charge in [-0.25, -0.2) is 4.79 Å². The summed E-state index contributed by atoms with van der Waals surface area (Å²) in [6.07, 6.45) is 0. The zero-order chi connectivity index (χ0) is 14.2. The first-order valence-corrected chi connectivity index (χ1v) is 5.63. The molecule has 0 aliphatic carbocycles. The molecule has 19 heavy (non-hydrogen) atoms. The van der Waals surface area contributed by atoms with Gasteiger partial charge >= 0.3 is 5.97 Å². The number of carbonyl (C=O) groups is 1. The molecule has 1 aromatic carbocycles. The summed E-state index contributed by atoms with van der Waals surface area (Å²) in [7, 11) is 1.58. The maximum absolute atomic E-state index is 10.9. The van der Waals surface area contributed by atoms with Gasteiger partial charge in [-0.15, -0.1) is 0 Å². The number of carboxylic acids is 1. The van der Waals surface area contributed by atoms with Gasteiger partial charge in [0.25, 0.3) is 5.69 Å². The lowest BCUT2D eigenvalue weighted by molar-refractivity contribution is -0.384. The lowest BCUT2D eigenvalue weighted by Crippen LogP contribution is -2.05. The van der Waals surface area contributed by atoms with Crippen molar-refractivity contribution in [3.8, 4) is 11.3 Å². The average Bonchev–Trinajstić information content (AvgIpc) is 2.71. The topological polar surface area (TPSA) is 85.4 Å². The first kappa shape index (κ1) is 13.1. The van der Waals surface area contributed by atoms with Gasteiger partial charge < -0.3 is 9.67 Å². The van der Waals surface area contributed by atoms with Gasteiger partial charge in [-0.2, -0.15) is 0 Å². The number of nitrogens with zero attached hydrogens (tertiary/aromatic N) is 2. The van der Waals surface area contributed by atoms with Gasteiger partial charge in [0, 0.05) is 24.4 Å². The van der Waals surface area contributed by atoms with Crippen molar-refractivity contribution in [1.82, 2.24) is 4.57 Å². The summed E-state index contributed by atoms with van der Waals surface area (Å²) >= 11 is 5.73. The van der Waals surface area contributed by atoms with Crippen LogP contribution >= 0.6 is 11.6 Å². The van der Waals surface area contributed by atoms with Crippen LogP contribution in [-0.2, 0) is 7.05 Å². The Labute approximate surface area is 113 Å². The molecule has 98 valence electrons. The molecule has 0 unspecified atom stereocenters. The number of nitro benzene ring substituents is 1.